The number of nitrogens with zero attached hydrogens (tertiary/aromatic N) is 2. The number of hydrogen-bond donors (Lipinski definition) is 1. The molecule has 1 radical (unpaired) electrons. The number of aliphatic hydroxyl groups is 1. The van der Waals surface area contributed by atoms with Gasteiger partial charge in [-0.2, -0.15) is 0 Å². The van der Waals surface area contributed by atoms with Crippen LogP contribution < -0.4 is 4.90 Å². The molecule has 0 atom stereocenters. The molecule has 0 fully saturated rings. The molecule has 0 aliphatic carbocycles. The van der Waals surface area contributed by atoms with Crippen molar-refractivity contribution in [1.29, 1.82) is 0 Å². The van der Waals surface area contributed by atoms with Gasteiger partial charge in [0.2, 0.25) is 0 Å². The average molecular weight is 413 g/mol. The molecule has 24 heavy (non-hydrogen) atoms. The first-order valence-corrected chi connectivity index (χ1v) is 7.36. The molecule has 0 saturated heterocycles. The van der Waals surface area contributed by atoms with Crippen LogP contribution in [0, 0.1) is 4.91 Å². The molecular formula is C16H26N3O4Y-. The molecular weight excluding hydrogens is 387 g/mol. The van der Waals surface area contributed by atoms with E-state index in [-0.39, 0.29) is 57.6 Å². The number of anilines is 1. The van der Waals surface area contributed by atoms with Crippen LogP contribution in [0.2, 0.25) is 0 Å². The smallest absolute Gasteiger partial charge is 0.414 e. The summed E-state index contributed by atoms with van der Waals surface area (Å²) >= 11 is 0. The number of amides is 1. The SMILES string of the molecule is CC(C)(C)OC(=O)N(CCO)c1cccc(N=O)c1.CC(C)[NH-].[Y]. The van der Waals surface area contributed by atoms with Crippen molar-refractivity contribution in [1.82, 2.24) is 0 Å². The van der Waals surface area contributed by atoms with Crippen LogP contribution in [0.4, 0.5) is 16.2 Å². The number of benzene rings is 1. The topological polar surface area (TPSA) is 103 Å². The van der Waals surface area contributed by atoms with Crippen molar-refractivity contribution in [2.45, 2.75) is 46.3 Å². The molecule has 0 aliphatic heterocycles. The third kappa shape index (κ3) is 11.6. The van der Waals surface area contributed by atoms with Crippen molar-refractivity contribution in [3.8, 4) is 0 Å². The quantitative estimate of drug-likeness (QED) is 0.745. The number of aliphatic hydroxyl groups excluding tert-OH is 1. The maximum Gasteiger partial charge on any atom is 0.414 e. The van der Waals surface area contributed by atoms with E-state index in [0.717, 1.165) is 0 Å². The fourth-order valence-electron chi connectivity index (χ4n) is 1.46. The Kier molecular flexibility index (Phi) is 13.2. The number of hydrogen-bond acceptors (Lipinski definition) is 5. The zero-order valence-electron chi connectivity index (χ0n) is 14.9. The normalized spacial score (nSPS) is 10.2. The Morgan fingerprint density at radius 1 is 1.38 bits per heavy atom. The molecule has 1 aromatic carbocycles. The molecule has 0 saturated carbocycles. The summed E-state index contributed by atoms with van der Waals surface area (Å²) in [5, 5.41) is 11.9. The van der Waals surface area contributed by atoms with Gasteiger partial charge < -0.3 is 15.6 Å². The zero-order chi connectivity index (χ0) is 18.0. The second kappa shape index (κ2) is 12.5. The number of carbonyl (C=O) groups is 1. The van der Waals surface area contributed by atoms with Gasteiger partial charge in [-0.1, -0.05) is 19.9 Å². The number of carbonyl (C=O) groups excluding carboxylic acids is 1. The number of nitroso groups, excluding NO2 is 1. The fourth-order valence-corrected chi connectivity index (χ4v) is 1.46. The third-order valence-electron chi connectivity index (χ3n) is 2.18. The summed E-state index contributed by atoms with van der Waals surface area (Å²) in [5.41, 5.74) is 6.62. The van der Waals surface area contributed by atoms with Gasteiger partial charge >= 0.3 is 6.09 Å². The molecule has 0 bridgehead atoms. The Morgan fingerprint density at radius 2 is 1.92 bits per heavy atom. The van der Waals surface area contributed by atoms with Crippen molar-refractivity contribution in [2.24, 2.45) is 5.18 Å². The third-order valence-corrected chi connectivity index (χ3v) is 2.18. The summed E-state index contributed by atoms with van der Waals surface area (Å²) in [4.78, 5) is 23.8. The first-order valence-electron chi connectivity index (χ1n) is 7.36. The van der Waals surface area contributed by atoms with Crippen LogP contribution in [0.1, 0.15) is 34.6 Å². The largest absolute Gasteiger partial charge is 0.675 e. The van der Waals surface area contributed by atoms with E-state index in [0.29, 0.717) is 5.69 Å². The summed E-state index contributed by atoms with van der Waals surface area (Å²) < 4.78 is 5.25. The van der Waals surface area contributed by atoms with E-state index in [4.69, 9.17) is 15.6 Å². The van der Waals surface area contributed by atoms with Gasteiger partial charge in [-0.15, -0.1) is 10.9 Å². The van der Waals surface area contributed by atoms with Crippen LogP contribution in [0.25, 0.3) is 5.73 Å². The summed E-state index contributed by atoms with van der Waals surface area (Å²) in [6, 6.07) is 6.34. The van der Waals surface area contributed by atoms with E-state index >= 15 is 0 Å². The van der Waals surface area contributed by atoms with Crippen LogP contribution >= 0.6 is 0 Å². The Bertz CT molecular complexity index is 502. The van der Waals surface area contributed by atoms with Crippen molar-refractivity contribution in [2.75, 3.05) is 18.1 Å². The predicted octanol–water partition coefficient (Wildman–Crippen LogP) is 4.26. The first-order chi connectivity index (χ1) is 10.6. The maximum absolute atomic E-state index is 12.0. The Balaban J connectivity index is 0. The summed E-state index contributed by atoms with van der Waals surface area (Å²) in [5.74, 6) is 0. The summed E-state index contributed by atoms with van der Waals surface area (Å²) in [6.07, 6.45) is -0.579. The molecule has 0 aromatic heterocycles. The molecule has 7 nitrogen and oxygen atoms in total. The number of rotatable bonds is 4. The maximum atomic E-state index is 12.0. The number of nitrogens with one attached hydrogen (secondary N) is 1. The predicted molar refractivity (Wildman–Crippen MR) is 92.0 cm³/mol. The molecule has 133 valence electrons. The summed E-state index contributed by atoms with van der Waals surface area (Å²) in [6.45, 7) is 8.80. The van der Waals surface area contributed by atoms with Crippen molar-refractivity contribution in [3.63, 3.8) is 0 Å². The van der Waals surface area contributed by atoms with Gasteiger partial charge in [-0.25, -0.2) is 4.79 Å². The van der Waals surface area contributed by atoms with Crippen molar-refractivity contribution in [3.05, 3.63) is 34.9 Å². The van der Waals surface area contributed by atoms with Crippen LogP contribution in [0.5, 0.6) is 0 Å². The van der Waals surface area contributed by atoms with E-state index < -0.39 is 11.7 Å². The standard InChI is InChI=1S/C13H18N2O4.C3H8N.Y/c1-13(2,3)19-12(17)15(7-8-16)11-6-4-5-10(9-11)14-18;1-3(2)4;/h4-6,9,16H,7-8H2,1-3H3;3-4H,1-2H3;/q;-1;. The van der Waals surface area contributed by atoms with E-state index in [9.17, 15) is 9.70 Å². The molecule has 1 aromatic rings. The van der Waals surface area contributed by atoms with E-state index in [1.54, 1.807) is 32.9 Å². The van der Waals surface area contributed by atoms with E-state index in [1.165, 1.54) is 17.0 Å². The molecule has 0 spiro atoms. The minimum atomic E-state index is -0.634. The molecule has 0 aliphatic rings. The monoisotopic (exact) mass is 413 g/mol. The molecule has 1 amide bonds. The zero-order valence-corrected chi connectivity index (χ0v) is 17.8. The minimum Gasteiger partial charge on any atom is -0.675 e. The Labute approximate surface area is 168 Å². The van der Waals surface area contributed by atoms with Gasteiger partial charge in [0.15, 0.2) is 0 Å². The molecule has 0 heterocycles. The van der Waals surface area contributed by atoms with E-state index in [1.807, 2.05) is 13.8 Å². The van der Waals surface area contributed by atoms with Crippen molar-refractivity contribution < 1.29 is 47.3 Å². The summed E-state index contributed by atoms with van der Waals surface area (Å²) in [7, 11) is 0. The van der Waals surface area contributed by atoms with Crippen LogP contribution in [-0.4, -0.2) is 36.0 Å². The fraction of sp³-hybridized carbons (Fsp3) is 0.562. The second-order valence-electron chi connectivity index (χ2n) is 6.12. The molecule has 0 unspecified atom stereocenters. The van der Waals surface area contributed by atoms with Crippen molar-refractivity contribution >= 4 is 17.5 Å². The van der Waals surface area contributed by atoms with Gasteiger partial charge in [-0.3, -0.25) is 4.90 Å². The first kappa shape index (κ1) is 25.4. The van der Waals surface area contributed by atoms with Gasteiger partial charge in [-0.05, 0) is 44.1 Å². The van der Waals surface area contributed by atoms with E-state index in [2.05, 4.69) is 5.18 Å². The average Bonchev–Trinajstić information content (AvgIpc) is 2.42. The molecule has 8 heteroatoms. The molecule has 2 N–H and O–H groups in total. The number of ether oxygens (including phenoxy) is 1. The van der Waals surface area contributed by atoms with Gasteiger partial charge in [0, 0.05) is 38.4 Å². The Hall–Kier alpha value is -0.886. The van der Waals surface area contributed by atoms with Crippen LogP contribution in [-0.2, 0) is 37.4 Å². The van der Waals surface area contributed by atoms with Crippen LogP contribution in [0.3, 0.4) is 0 Å². The van der Waals surface area contributed by atoms with Gasteiger partial charge in [0.05, 0.1) is 13.2 Å². The van der Waals surface area contributed by atoms with Gasteiger partial charge in [0.25, 0.3) is 0 Å². The molecule has 1 rings (SSSR count). The minimum absolute atomic E-state index is 0. The second-order valence-corrected chi connectivity index (χ2v) is 6.12. The Morgan fingerprint density at radius 3 is 2.33 bits per heavy atom. The van der Waals surface area contributed by atoms with Gasteiger partial charge in [0.1, 0.15) is 11.3 Å². The van der Waals surface area contributed by atoms with Crippen LogP contribution in [0.15, 0.2) is 29.4 Å².